The second kappa shape index (κ2) is 6.02. The minimum atomic E-state index is -2.85. The third-order valence-corrected chi connectivity index (χ3v) is 6.37. The van der Waals surface area contributed by atoms with E-state index in [-0.39, 0.29) is 17.6 Å². The van der Waals surface area contributed by atoms with Crippen LogP contribution in [0.2, 0.25) is 5.02 Å². The van der Waals surface area contributed by atoms with E-state index in [2.05, 4.69) is 0 Å². The zero-order valence-corrected chi connectivity index (χ0v) is 13.2. The number of sulfone groups is 1. The van der Waals surface area contributed by atoms with Crippen molar-refractivity contribution < 1.29 is 8.42 Å². The number of rotatable bonds is 4. The lowest BCUT2D eigenvalue weighted by Crippen LogP contribution is -2.20. The topological polar surface area (TPSA) is 34.1 Å². The molecule has 0 spiro atoms. The van der Waals surface area contributed by atoms with Crippen LogP contribution in [0, 0.1) is 18.8 Å². The van der Waals surface area contributed by atoms with E-state index in [1.54, 1.807) is 0 Å². The number of alkyl halides is 1. The van der Waals surface area contributed by atoms with Crippen molar-refractivity contribution in [2.45, 2.75) is 19.8 Å². The van der Waals surface area contributed by atoms with Gasteiger partial charge >= 0.3 is 0 Å². The second-order valence-electron chi connectivity index (χ2n) is 5.38. The highest BCUT2D eigenvalue weighted by atomic mass is 35.5. The SMILES string of the molecule is Cc1ccc(CC(CCl)C2CCS(=O)(=O)C2)c(Cl)c1. The zero-order valence-electron chi connectivity index (χ0n) is 10.9. The van der Waals surface area contributed by atoms with Gasteiger partial charge in [0.25, 0.3) is 0 Å². The Morgan fingerprint density at radius 2 is 2.16 bits per heavy atom. The molecule has 2 unspecified atom stereocenters. The second-order valence-corrected chi connectivity index (χ2v) is 8.32. The average molecular weight is 321 g/mol. The van der Waals surface area contributed by atoms with Gasteiger partial charge in [-0.1, -0.05) is 23.7 Å². The summed E-state index contributed by atoms with van der Waals surface area (Å²) in [5.41, 5.74) is 2.18. The number of aryl methyl sites for hydroxylation is 1. The van der Waals surface area contributed by atoms with Crippen molar-refractivity contribution in [1.29, 1.82) is 0 Å². The van der Waals surface area contributed by atoms with Gasteiger partial charge in [-0.15, -0.1) is 11.6 Å². The van der Waals surface area contributed by atoms with Gasteiger partial charge in [0, 0.05) is 10.9 Å². The van der Waals surface area contributed by atoms with Crippen molar-refractivity contribution in [3.63, 3.8) is 0 Å². The summed E-state index contributed by atoms with van der Waals surface area (Å²) in [5, 5.41) is 0.746. The lowest BCUT2D eigenvalue weighted by atomic mass is 9.87. The van der Waals surface area contributed by atoms with E-state index in [0.717, 1.165) is 29.0 Å². The van der Waals surface area contributed by atoms with Crippen molar-refractivity contribution in [2.75, 3.05) is 17.4 Å². The Morgan fingerprint density at radius 3 is 2.68 bits per heavy atom. The van der Waals surface area contributed by atoms with Crippen LogP contribution in [0.5, 0.6) is 0 Å². The largest absolute Gasteiger partial charge is 0.229 e. The van der Waals surface area contributed by atoms with E-state index in [9.17, 15) is 8.42 Å². The Hall–Kier alpha value is -0.250. The van der Waals surface area contributed by atoms with Crippen molar-refractivity contribution >= 4 is 33.0 Å². The molecule has 19 heavy (non-hydrogen) atoms. The fraction of sp³-hybridized carbons (Fsp3) is 0.571. The molecule has 0 aromatic heterocycles. The van der Waals surface area contributed by atoms with Gasteiger partial charge in [-0.2, -0.15) is 0 Å². The fourth-order valence-electron chi connectivity index (χ4n) is 2.64. The minimum absolute atomic E-state index is 0.167. The van der Waals surface area contributed by atoms with E-state index in [1.807, 2.05) is 25.1 Å². The molecule has 106 valence electrons. The Kier molecular flexibility index (Phi) is 4.80. The summed E-state index contributed by atoms with van der Waals surface area (Å²) in [6.07, 6.45) is 1.48. The first-order valence-electron chi connectivity index (χ1n) is 6.42. The maximum absolute atomic E-state index is 11.6. The first-order valence-corrected chi connectivity index (χ1v) is 9.16. The zero-order chi connectivity index (χ0) is 14.0. The molecule has 0 N–H and O–H groups in total. The molecule has 5 heteroatoms. The van der Waals surface area contributed by atoms with Gasteiger partial charge in [-0.05, 0) is 48.8 Å². The molecule has 1 aromatic carbocycles. The molecule has 2 nitrogen and oxygen atoms in total. The van der Waals surface area contributed by atoms with Gasteiger partial charge in [0.15, 0.2) is 9.84 Å². The highest BCUT2D eigenvalue weighted by Crippen LogP contribution is 2.31. The Morgan fingerprint density at radius 1 is 1.42 bits per heavy atom. The molecule has 0 saturated carbocycles. The summed E-state index contributed by atoms with van der Waals surface area (Å²) in [7, 11) is -2.85. The van der Waals surface area contributed by atoms with Crippen molar-refractivity contribution in [3.8, 4) is 0 Å². The van der Waals surface area contributed by atoms with E-state index in [0.29, 0.717) is 11.6 Å². The average Bonchev–Trinajstić information content (AvgIpc) is 2.69. The predicted molar refractivity (Wildman–Crippen MR) is 80.9 cm³/mol. The monoisotopic (exact) mass is 320 g/mol. The van der Waals surface area contributed by atoms with Crippen LogP contribution in [0.1, 0.15) is 17.5 Å². The third kappa shape index (κ3) is 3.87. The van der Waals surface area contributed by atoms with Gasteiger partial charge in [-0.25, -0.2) is 8.42 Å². The van der Waals surface area contributed by atoms with Crippen molar-refractivity contribution in [3.05, 3.63) is 34.3 Å². The Bertz CT molecular complexity index is 555. The summed E-state index contributed by atoms with van der Waals surface area (Å²) >= 11 is 12.3. The van der Waals surface area contributed by atoms with Crippen molar-refractivity contribution in [2.24, 2.45) is 11.8 Å². The molecule has 0 radical (unpaired) electrons. The van der Waals surface area contributed by atoms with Gasteiger partial charge in [-0.3, -0.25) is 0 Å². The Balaban J connectivity index is 2.11. The first kappa shape index (κ1) is 15.1. The molecule has 1 aliphatic rings. The molecule has 1 heterocycles. The van der Waals surface area contributed by atoms with E-state index < -0.39 is 9.84 Å². The molecule has 0 amide bonds. The Labute approximate surface area is 125 Å². The van der Waals surface area contributed by atoms with Gasteiger partial charge in [0.2, 0.25) is 0 Å². The summed E-state index contributed by atoms with van der Waals surface area (Å²) < 4.78 is 23.1. The van der Waals surface area contributed by atoms with E-state index in [1.165, 1.54) is 0 Å². The molecule has 2 rings (SSSR count). The van der Waals surface area contributed by atoms with Crippen LogP contribution in [-0.2, 0) is 16.3 Å². The maximum Gasteiger partial charge on any atom is 0.150 e. The predicted octanol–water partition coefficient (Wildman–Crippen LogP) is 3.48. The minimum Gasteiger partial charge on any atom is -0.229 e. The summed E-state index contributed by atoms with van der Waals surface area (Å²) in [6.45, 7) is 2.00. The number of halogens is 2. The number of hydrogen-bond donors (Lipinski definition) is 0. The highest BCUT2D eigenvalue weighted by Gasteiger charge is 2.33. The molecule has 1 fully saturated rings. The van der Waals surface area contributed by atoms with Crippen LogP contribution >= 0.6 is 23.2 Å². The first-order chi connectivity index (χ1) is 8.91. The van der Waals surface area contributed by atoms with Gasteiger partial charge < -0.3 is 0 Å². The molecule has 1 saturated heterocycles. The van der Waals surface area contributed by atoms with Crippen LogP contribution in [0.3, 0.4) is 0 Å². The summed E-state index contributed by atoms with van der Waals surface area (Å²) in [5.74, 6) is 1.39. The maximum atomic E-state index is 11.6. The smallest absolute Gasteiger partial charge is 0.150 e. The number of benzene rings is 1. The number of hydrogen-bond acceptors (Lipinski definition) is 2. The van der Waals surface area contributed by atoms with Gasteiger partial charge in [0.05, 0.1) is 11.5 Å². The summed E-state index contributed by atoms with van der Waals surface area (Å²) in [4.78, 5) is 0. The fourth-order valence-corrected chi connectivity index (χ4v) is 5.24. The van der Waals surface area contributed by atoms with Crippen LogP contribution in [-0.4, -0.2) is 25.8 Å². The van der Waals surface area contributed by atoms with E-state index >= 15 is 0 Å². The molecule has 2 atom stereocenters. The third-order valence-electron chi connectivity index (χ3n) is 3.82. The van der Waals surface area contributed by atoms with Crippen LogP contribution in [0.25, 0.3) is 0 Å². The van der Waals surface area contributed by atoms with Gasteiger partial charge in [0.1, 0.15) is 0 Å². The highest BCUT2D eigenvalue weighted by molar-refractivity contribution is 7.91. The lowest BCUT2D eigenvalue weighted by Gasteiger charge is -2.20. The summed E-state index contributed by atoms with van der Waals surface area (Å²) in [6, 6.07) is 5.98. The van der Waals surface area contributed by atoms with Crippen LogP contribution < -0.4 is 0 Å². The quantitative estimate of drug-likeness (QED) is 0.796. The molecule has 0 aliphatic carbocycles. The molecule has 1 aliphatic heterocycles. The standard InChI is InChI=1S/C14H18Cl2O2S/c1-10-2-3-11(14(16)6-10)7-13(8-15)12-4-5-19(17,18)9-12/h2-3,6,12-13H,4-5,7-9H2,1H3. The normalized spacial score (nSPS) is 23.4. The molecule has 1 aromatic rings. The van der Waals surface area contributed by atoms with Crippen LogP contribution in [0.15, 0.2) is 18.2 Å². The molecular formula is C14H18Cl2O2S. The van der Waals surface area contributed by atoms with Crippen molar-refractivity contribution in [1.82, 2.24) is 0 Å². The lowest BCUT2D eigenvalue weighted by molar-refractivity contribution is 0.398. The molecule has 0 bridgehead atoms. The van der Waals surface area contributed by atoms with E-state index in [4.69, 9.17) is 23.2 Å². The molecular weight excluding hydrogens is 303 g/mol. The van der Waals surface area contributed by atoms with Crippen LogP contribution in [0.4, 0.5) is 0 Å².